The van der Waals surface area contributed by atoms with E-state index in [1.54, 1.807) is 24.4 Å². The van der Waals surface area contributed by atoms with E-state index in [9.17, 15) is 27.4 Å². The van der Waals surface area contributed by atoms with Gasteiger partial charge in [-0.2, -0.15) is 8.42 Å². The van der Waals surface area contributed by atoms with Gasteiger partial charge >= 0.3 is 5.97 Å². The first-order valence-corrected chi connectivity index (χ1v) is 8.80. The highest BCUT2D eigenvalue weighted by molar-refractivity contribution is 7.87. The van der Waals surface area contributed by atoms with Crippen molar-refractivity contribution in [1.82, 2.24) is 9.63 Å². The molecule has 1 N–H and O–H groups in total. The molecule has 1 aromatic heterocycles. The first kappa shape index (κ1) is 18.2. The summed E-state index contributed by atoms with van der Waals surface area (Å²) in [6.07, 6.45) is 0.998. The Morgan fingerprint density at radius 3 is 2.46 bits per heavy atom. The van der Waals surface area contributed by atoms with Gasteiger partial charge < -0.3 is 9.40 Å². The minimum atomic E-state index is -4.79. The van der Waals surface area contributed by atoms with Crippen molar-refractivity contribution in [3.8, 4) is 0 Å². The van der Waals surface area contributed by atoms with Crippen molar-refractivity contribution >= 4 is 40.1 Å². The van der Waals surface area contributed by atoms with Crippen molar-refractivity contribution < 1.29 is 32.2 Å². The third kappa shape index (κ3) is 4.24. The summed E-state index contributed by atoms with van der Waals surface area (Å²) in [5.41, 5.74) is 0. The minimum absolute atomic E-state index is 0.0150. The van der Waals surface area contributed by atoms with Gasteiger partial charge in [0, 0.05) is 25.6 Å². The third-order valence-corrected chi connectivity index (χ3v) is 4.86. The van der Waals surface area contributed by atoms with Gasteiger partial charge in [-0.3, -0.25) is 14.1 Å². The number of imide groups is 1. The van der Waals surface area contributed by atoms with E-state index in [4.69, 9.17) is 12.2 Å². The standard InChI is InChI=1S/C13H14N2O7S2/c16-10-4-5-11(17)15(10)22-13(18)9(24(19,20)21)6-8-14-7-2-1-3-12(14)23/h1-3,7,9H,4-6,8H2,(H,19,20,21). The van der Waals surface area contributed by atoms with Crippen LogP contribution < -0.4 is 0 Å². The van der Waals surface area contributed by atoms with Crippen molar-refractivity contribution in [2.45, 2.75) is 31.1 Å². The van der Waals surface area contributed by atoms with Gasteiger partial charge in [0.15, 0.2) is 5.25 Å². The quantitative estimate of drug-likeness (QED) is 0.433. The molecule has 2 heterocycles. The molecular weight excluding hydrogens is 360 g/mol. The number of hydrogen-bond acceptors (Lipinski definition) is 7. The number of pyridine rings is 1. The van der Waals surface area contributed by atoms with Crippen molar-refractivity contribution in [2.24, 2.45) is 0 Å². The van der Waals surface area contributed by atoms with Crippen LogP contribution in [0.1, 0.15) is 19.3 Å². The summed E-state index contributed by atoms with van der Waals surface area (Å²) in [5.74, 6) is -2.89. The lowest BCUT2D eigenvalue weighted by molar-refractivity contribution is -0.197. The van der Waals surface area contributed by atoms with E-state index in [1.165, 1.54) is 4.57 Å². The highest BCUT2D eigenvalue weighted by Crippen LogP contribution is 2.16. The Morgan fingerprint density at radius 1 is 1.29 bits per heavy atom. The number of nitrogens with zero attached hydrogens (tertiary/aromatic N) is 2. The maximum Gasteiger partial charge on any atom is 0.353 e. The lowest BCUT2D eigenvalue weighted by atomic mass is 10.3. The molecule has 24 heavy (non-hydrogen) atoms. The molecule has 0 spiro atoms. The van der Waals surface area contributed by atoms with Crippen LogP contribution in [-0.4, -0.2) is 45.6 Å². The predicted molar refractivity (Wildman–Crippen MR) is 82.4 cm³/mol. The summed E-state index contributed by atoms with van der Waals surface area (Å²) in [5, 5.41) is -1.71. The zero-order chi connectivity index (χ0) is 17.9. The van der Waals surface area contributed by atoms with Gasteiger partial charge in [0.2, 0.25) is 0 Å². The largest absolute Gasteiger partial charge is 0.353 e. The highest BCUT2D eigenvalue weighted by atomic mass is 32.2. The number of aryl methyl sites for hydroxylation is 1. The molecule has 1 atom stereocenters. The molecule has 1 aliphatic rings. The smallest absolute Gasteiger partial charge is 0.339 e. The summed E-state index contributed by atoms with van der Waals surface area (Å²) in [6, 6.07) is 4.97. The summed E-state index contributed by atoms with van der Waals surface area (Å²) >= 11 is 5.05. The Bertz CT molecular complexity index is 815. The van der Waals surface area contributed by atoms with Gasteiger partial charge in [-0.25, -0.2) is 4.79 Å². The Hall–Kier alpha value is -2.11. The number of hydroxylamine groups is 2. The second kappa shape index (κ2) is 7.20. The van der Waals surface area contributed by atoms with E-state index in [0.29, 0.717) is 4.64 Å². The van der Waals surface area contributed by atoms with Crippen LogP contribution in [0.3, 0.4) is 0 Å². The van der Waals surface area contributed by atoms with Gasteiger partial charge in [0.1, 0.15) is 4.64 Å². The maximum absolute atomic E-state index is 12.0. The van der Waals surface area contributed by atoms with Crippen LogP contribution in [0.25, 0.3) is 0 Å². The van der Waals surface area contributed by atoms with Crippen LogP contribution in [0.4, 0.5) is 0 Å². The Morgan fingerprint density at radius 2 is 1.92 bits per heavy atom. The van der Waals surface area contributed by atoms with E-state index in [-0.39, 0.29) is 30.9 Å². The fourth-order valence-electron chi connectivity index (χ4n) is 2.10. The van der Waals surface area contributed by atoms with Crippen molar-refractivity contribution in [1.29, 1.82) is 0 Å². The molecule has 2 rings (SSSR count). The SMILES string of the molecule is O=C(ON1C(=O)CCC1=O)C(CCn1ccccc1=S)S(=O)(=O)O. The average molecular weight is 374 g/mol. The third-order valence-electron chi connectivity index (χ3n) is 3.34. The zero-order valence-corrected chi connectivity index (χ0v) is 14.0. The molecule has 0 aromatic carbocycles. The lowest BCUT2D eigenvalue weighted by Gasteiger charge is -2.17. The fraction of sp³-hybridized carbons (Fsp3) is 0.385. The van der Waals surface area contributed by atoms with Gasteiger partial charge in [-0.1, -0.05) is 18.3 Å². The number of carbonyl (C=O) groups excluding carboxylic acids is 3. The molecule has 1 fully saturated rings. The zero-order valence-electron chi connectivity index (χ0n) is 12.3. The van der Waals surface area contributed by atoms with E-state index in [1.807, 2.05) is 0 Å². The van der Waals surface area contributed by atoms with E-state index in [0.717, 1.165) is 0 Å². The van der Waals surface area contributed by atoms with Crippen LogP contribution in [-0.2, 0) is 35.9 Å². The van der Waals surface area contributed by atoms with Crippen molar-refractivity contribution in [2.75, 3.05) is 0 Å². The molecule has 2 amide bonds. The topological polar surface area (TPSA) is 123 Å². The summed E-state index contributed by atoms with van der Waals surface area (Å²) in [4.78, 5) is 39.4. The van der Waals surface area contributed by atoms with E-state index >= 15 is 0 Å². The second-order valence-electron chi connectivity index (χ2n) is 5.02. The minimum Gasteiger partial charge on any atom is -0.339 e. The second-order valence-corrected chi connectivity index (χ2v) is 7.03. The Kier molecular flexibility index (Phi) is 5.47. The first-order valence-electron chi connectivity index (χ1n) is 6.89. The summed E-state index contributed by atoms with van der Waals surface area (Å²) in [6.45, 7) is 0.0150. The Labute approximate surface area is 142 Å². The molecule has 11 heteroatoms. The lowest BCUT2D eigenvalue weighted by Crippen LogP contribution is -2.40. The number of aromatic nitrogens is 1. The number of hydrogen-bond donors (Lipinski definition) is 1. The van der Waals surface area contributed by atoms with E-state index in [2.05, 4.69) is 4.84 Å². The van der Waals surface area contributed by atoms with Gasteiger partial charge in [0.05, 0.1) is 0 Å². The molecular formula is C13H14N2O7S2. The maximum atomic E-state index is 12.0. The van der Waals surface area contributed by atoms with Crippen molar-refractivity contribution in [3.63, 3.8) is 0 Å². The number of rotatable bonds is 6. The first-order chi connectivity index (χ1) is 11.2. The van der Waals surface area contributed by atoms with Gasteiger partial charge in [0.25, 0.3) is 21.9 Å². The van der Waals surface area contributed by atoms with Crippen LogP contribution in [0.2, 0.25) is 0 Å². The fourth-order valence-corrected chi connectivity index (χ4v) is 3.02. The van der Waals surface area contributed by atoms with Crippen LogP contribution in [0.5, 0.6) is 0 Å². The molecule has 0 radical (unpaired) electrons. The van der Waals surface area contributed by atoms with Crippen LogP contribution in [0.15, 0.2) is 24.4 Å². The molecule has 0 bridgehead atoms. The monoisotopic (exact) mass is 374 g/mol. The van der Waals surface area contributed by atoms with Gasteiger partial charge in [-0.05, 0) is 18.6 Å². The normalized spacial score (nSPS) is 16.3. The molecule has 130 valence electrons. The molecule has 1 aromatic rings. The van der Waals surface area contributed by atoms with E-state index < -0.39 is 33.2 Å². The molecule has 1 aliphatic heterocycles. The molecule has 9 nitrogen and oxygen atoms in total. The average Bonchev–Trinajstić information content (AvgIpc) is 2.80. The molecule has 0 aliphatic carbocycles. The van der Waals surface area contributed by atoms with Crippen LogP contribution in [0, 0.1) is 4.64 Å². The number of amides is 2. The predicted octanol–water partition coefficient (Wildman–Crippen LogP) is 0.471. The summed E-state index contributed by atoms with van der Waals surface area (Å²) in [7, 11) is -4.79. The summed E-state index contributed by atoms with van der Waals surface area (Å²) < 4.78 is 34.1. The van der Waals surface area contributed by atoms with Crippen molar-refractivity contribution in [3.05, 3.63) is 29.0 Å². The Balaban J connectivity index is 2.12. The highest BCUT2D eigenvalue weighted by Gasteiger charge is 2.39. The van der Waals surface area contributed by atoms with Crippen LogP contribution >= 0.6 is 12.2 Å². The molecule has 0 saturated carbocycles. The molecule has 1 unspecified atom stereocenters. The molecule has 1 saturated heterocycles. The number of carbonyl (C=O) groups is 3. The van der Waals surface area contributed by atoms with Gasteiger partial charge in [-0.15, -0.1) is 5.06 Å².